The van der Waals surface area contributed by atoms with Gasteiger partial charge in [-0.1, -0.05) is 42.8 Å². The van der Waals surface area contributed by atoms with Crippen LogP contribution in [0.15, 0.2) is 48.5 Å². The predicted octanol–water partition coefficient (Wildman–Crippen LogP) is 3.43. The van der Waals surface area contributed by atoms with E-state index in [2.05, 4.69) is 51.5 Å². The topological polar surface area (TPSA) is 44.8 Å². The number of hydrogen-bond donors (Lipinski definition) is 1. The van der Waals surface area contributed by atoms with Crippen LogP contribution in [0, 0.1) is 0 Å². The lowest BCUT2D eigenvalue weighted by atomic mass is 10.1. The highest BCUT2D eigenvalue weighted by atomic mass is 16.5. The van der Waals surface area contributed by atoms with Crippen molar-refractivity contribution in [3.63, 3.8) is 0 Å². The Morgan fingerprint density at radius 1 is 0.800 bits per heavy atom. The Labute approximate surface area is 180 Å². The summed E-state index contributed by atoms with van der Waals surface area (Å²) in [6, 6.07) is 16.6. The lowest BCUT2D eigenvalue weighted by Crippen LogP contribution is -2.35. The third kappa shape index (κ3) is 6.14. The zero-order valence-corrected chi connectivity index (χ0v) is 17.8. The van der Waals surface area contributed by atoms with Crippen molar-refractivity contribution >= 4 is 5.91 Å². The van der Waals surface area contributed by atoms with Crippen LogP contribution >= 0.6 is 0 Å². The summed E-state index contributed by atoms with van der Waals surface area (Å²) in [6.07, 6.45) is 3.95. The van der Waals surface area contributed by atoms with Crippen molar-refractivity contribution in [2.24, 2.45) is 0 Å². The molecule has 30 heavy (non-hydrogen) atoms. The molecule has 0 saturated carbocycles. The van der Waals surface area contributed by atoms with Crippen LogP contribution < -0.4 is 5.32 Å². The van der Waals surface area contributed by atoms with Gasteiger partial charge in [0.25, 0.3) is 5.91 Å². The summed E-state index contributed by atoms with van der Waals surface area (Å²) >= 11 is 0. The fourth-order valence-electron chi connectivity index (χ4n) is 4.28. The van der Waals surface area contributed by atoms with E-state index in [9.17, 15) is 4.79 Å². The number of likely N-dealkylation sites (tertiary alicyclic amines) is 1. The molecule has 0 bridgehead atoms. The van der Waals surface area contributed by atoms with Crippen LogP contribution in [0.4, 0.5) is 0 Å². The van der Waals surface area contributed by atoms with Crippen LogP contribution in [0.5, 0.6) is 0 Å². The first-order valence-electron chi connectivity index (χ1n) is 11.2. The van der Waals surface area contributed by atoms with Crippen LogP contribution in [0.1, 0.15) is 46.3 Å². The Morgan fingerprint density at radius 3 is 2.23 bits per heavy atom. The van der Waals surface area contributed by atoms with E-state index < -0.39 is 0 Å². The highest BCUT2D eigenvalue weighted by Crippen LogP contribution is 2.14. The van der Waals surface area contributed by atoms with Gasteiger partial charge in [-0.25, -0.2) is 0 Å². The number of hydrogen-bond acceptors (Lipinski definition) is 4. The van der Waals surface area contributed by atoms with E-state index in [4.69, 9.17) is 4.74 Å². The lowest BCUT2D eigenvalue weighted by molar-refractivity contribution is 0.0342. The lowest BCUT2D eigenvalue weighted by Gasteiger charge is -2.26. The number of amides is 1. The van der Waals surface area contributed by atoms with E-state index in [1.165, 1.54) is 43.5 Å². The summed E-state index contributed by atoms with van der Waals surface area (Å²) in [7, 11) is 0. The van der Waals surface area contributed by atoms with Gasteiger partial charge >= 0.3 is 0 Å². The molecular weight excluding hydrogens is 374 g/mol. The minimum absolute atomic E-state index is 0.0156. The largest absolute Gasteiger partial charge is 0.379 e. The fourth-order valence-corrected chi connectivity index (χ4v) is 4.28. The SMILES string of the molecule is O=C(NCc1cccc(CN2CCOCC2)c1)c1ccc(CN2CCCCC2)cc1. The first kappa shape index (κ1) is 21.0. The van der Waals surface area contributed by atoms with Crippen molar-refractivity contribution in [3.8, 4) is 0 Å². The van der Waals surface area contributed by atoms with E-state index in [0.717, 1.165) is 50.5 Å². The molecule has 0 radical (unpaired) electrons. The van der Waals surface area contributed by atoms with Gasteiger partial charge in [-0.3, -0.25) is 14.6 Å². The number of nitrogens with one attached hydrogen (secondary N) is 1. The summed E-state index contributed by atoms with van der Waals surface area (Å²) in [4.78, 5) is 17.5. The van der Waals surface area contributed by atoms with Crippen molar-refractivity contribution in [1.29, 1.82) is 0 Å². The standard InChI is InChI=1S/C25H33N3O2/c29-25(24-9-7-21(8-10-24)19-27-11-2-1-3-12-27)26-18-22-5-4-6-23(17-22)20-28-13-15-30-16-14-28/h4-10,17H,1-3,11-16,18-20H2,(H,26,29). The number of nitrogens with zero attached hydrogens (tertiary/aromatic N) is 2. The van der Waals surface area contributed by atoms with Gasteiger partial charge in [0.05, 0.1) is 13.2 Å². The van der Waals surface area contributed by atoms with Crippen molar-refractivity contribution in [3.05, 3.63) is 70.8 Å². The van der Waals surface area contributed by atoms with Crippen LogP contribution in [0.3, 0.4) is 0 Å². The van der Waals surface area contributed by atoms with Gasteiger partial charge in [-0.15, -0.1) is 0 Å². The Bertz CT molecular complexity index is 809. The first-order valence-corrected chi connectivity index (χ1v) is 11.2. The van der Waals surface area contributed by atoms with Gasteiger partial charge in [0, 0.05) is 38.3 Å². The third-order valence-electron chi connectivity index (χ3n) is 6.03. The average Bonchev–Trinajstić information content (AvgIpc) is 2.80. The van der Waals surface area contributed by atoms with Gasteiger partial charge in [0.1, 0.15) is 0 Å². The molecule has 0 aromatic heterocycles. The summed E-state index contributed by atoms with van der Waals surface area (Å²) in [5.74, 6) is -0.0156. The third-order valence-corrected chi connectivity index (χ3v) is 6.03. The van der Waals surface area contributed by atoms with E-state index in [1.54, 1.807) is 0 Å². The van der Waals surface area contributed by atoms with Crippen LogP contribution in [-0.2, 0) is 24.4 Å². The molecule has 2 fully saturated rings. The maximum atomic E-state index is 12.6. The molecule has 0 aliphatic carbocycles. The molecule has 0 atom stereocenters. The maximum Gasteiger partial charge on any atom is 0.251 e. The van der Waals surface area contributed by atoms with Crippen LogP contribution in [0.25, 0.3) is 0 Å². The van der Waals surface area contributed by atoms with Crippen molar-refractivity contribution in [2.45, 2.75) is 38.9 Å². The van der Waals surface area contributed by atoms with Gasteiger partial charge in [-0.05, 0) is 54.8 Å². The summed E-state index contributed by atoms with van der Waals surface area (Å²) in [5.41, 5.74) is 4.42. The number of benzene rings is 2. The number of ether oxygens (including phenoxy) is 1. The molecule has 2 heterocycles. The van der Waals surface area contributed by atoms with E-state index in [1.807, 2.05) is 12.1 Å². The van der Waals surface area contributed by atoms with Crippen molar-refractivity contribution in [1.82, 2.24) is 15.1 Å². The minimum Gasteiger partial charge on any atom is -0.379 e. The monoisotopic (exact) mass is 407 g/mol. The molecule has 2 aliphatic heterocycles. The second kappa shape index (κ2) is 10.7. The molecule has 0 unspecified atom stereocenters. The van der Waals surface area contributed by atoms with Gasteiger partial charge < -0.3 is 10.1 Å². The van der Waals surface area contributed by atoms with Crippen LogP contribution in [0.2, 0.25) is 0 Å². The smallest absolute Gasteiger partial charge is 0.251 e. The molecule has 5 nitrogen and oxygen atoms in total. The molecule has 2 saturated heterocycles. The highest BCUT2D eigenvalue weighted by molar-refractivity contribution is 5.94. The zero-order valence-electron chi connectivity index (χ0n) is 17.8. The number of piperidine rings is 1. The number of carbonyl (C=O) groups excluding carboxylic acids is 1. The predicted molar refractivity (Wildman–Crippen MR) is 119 cm³/mol. The summed E-state index contributed by atoms with van der Waals surface area (Å²) in [6.45, 7) is 8.43. The second-order valence-corrected chi connectivity index (χ2v) is 8.42. The normalized spacial score (nSPS) is 18.3. The maximum absolute atomic E-state index is 12.6. The van der Waals surface area contributed by atoms with Crippen molar-refractivity contribution < 1.29 is 9.53 Å². The molecule has 160 valence electrons. The molecule has 1 N–H and O–H groups in total. The van der Waals surface area contributed by atoms with Crippen LogP contribution in [-0.4, -0.2) is 55.1 Å². The Hall–Kier alpha value is -2.21. The number of morpholine rings is 1. The number of carbonyl (C=O) groups is 1. The molecule has 0 spiro atoms. The van der Waals surface area contributed by atoms with Gasteiger partial charge in [-0.2, -0.15) is 0 Å². The quantitative estimate of drug-likeness (QED) is 0.764. The molecule has 2 aromatic rings. The zero-order chi connectivity index (χ0) is 20.6. The fraction of sp³-hybridized carbons (Fsp3) is 0.480. The molecular formula is C25H33N3O2. The molecule has 5 heteroatoms. The van der Waals surface area contributed by atoms with Gasteiger partial charge in [0.15, 0.2) is 0 Å². The summed E-state index contributed by atoms with van der Waals surface area (Å²) < 4.78 is 5.42. The Morgan fingerprint density at radius 2 is 1.47 bits per heavy atom. The average molecular weight is 408 g/mol. The second-order valence-electron chi connectivity index (χ2n) is 8.42. The number of rotatable bonds is 7. The molecule has 1 amide bonds. The van der Waals surface area contributed by atoms with Crippen molar-refractivity contribution in [2.75, 3.05) is 39.4 Å². The van der Waals surface area contributed by atoms with Gasteiger partial charge in [0.2, 0.25) is 0 Å². The molecule has 2 aliphatic rings. The summed E-state index contributed by atoms with van der Waals surface area (Å²) in [5, 5.41) is 3.06. The van der Waals surface area contributed by atoms with E-state index >= 15 is 0 Å². The van der Waals surface area contributed by atoms with E-state index in [-0.39, 0.29) is 5.91 Å². The highest BCUT2D eigenvalue weighted by Gasteiger charge is 2.12. The Kier molecular flexibility index (Phi) is 7.51. The van der Waals surface area contributed by atoms with E-state index in [0.29, 0.717) is 6.54 Å². The Balaban J connectivity index is 1.27. The minimum atomic E-state index is -0.0156. The first-order chi connectivity index (χ1) is 14.8. The molecule has 2 aromatic carbocycles. The molecule has 4 rings (SSSR count).